The smallest absolute Gasteiger partial charge is 0.237 e. The van der Waals surface area contributed by atoms with E-state index >= 15 is 0 Å². The SMILES string of the molecule is CCc1nnc([C@]23CC[C@H]2CCN3Cc2ccn(C(C)C)n2)o1. The van der Waals surface area contributed by atoms with Gasteiger partial charge in [-0.1, -0.05) is 6.92 Å². The average molecular weight is 315 g/mol. The Morgan fingerprint density at radius 3 is 2.83 bits per heavy atom. The maximum atomic E-state index is 5.96. The maximum absolute atomic E-state index is 5.96. The third kappa shape index (κ3) is 2.23. The lowest BCUT2D eigenvalue weighted by atomic mass is 9.67. The first-order valence-electron chi connectivity index (χ1n) is 8.75. The summed E-state index contributed by atoms with van der Waals surface area (Å²) in [6, 6.07) is 2.53. The van der Waals surface area contributed by atoms with Crippen LogP contribution in [0.25, 0.3) is 0 Å². The molecule has 0 aromatic carbocycles. The zero-order chi connectivity index (χ0) is 16.0. The summed E-state index contributed by atoms with van der Waals surface area (Å²) in [7, 11) is 0. The highest BCUT2D eigenvalue weighted by Gasteiger charge is 2.59. The van der Waals surface area contributed by atoms with Gasteiger partial charge in [-0.15, -0.1) is 10.2 Å². The largest absolute Gasteiger partial charge is 0.423 e. The van der Waals surface area contributed by atoms with E-state index < -0.39 is 0 Å². The molecule has 6 heteroatoms. The average Bonchev–Trinajstić information content (AvgIpc) is 3.19. The van der Waals surface area contributed by atoms with Crippen LogP contribution in [-0.2, 0) is 18.5 Å². The molecule has 1 aliphatic carbocycles. The van der Waals surface area contributed by atoms with E-state index in [1.54, 1.807) is 0 Å². The molecule has 124 valence electrons. The van der Waals surface area contributed by atoms with Gasteiger partial charge in [-0.05, 0) is 51.6 Å². The summed E-state index contributed by atoms with van der Waals surface area (Å²) in [5.74, 6) is 2.22. The number of aromatic nitrogens is 4. The third-order valence-corrected chi connectivity index (χ3v) is 5.55. The van der Waals surface area contributed by atoms with Crippen molar-refractivity contribution in [2.45, 2.75) is 64.6 Å². The minimum Gasteiger partial charge on any atom is -0.423 e. The molecule has 1 aliphatic heterocycles. The molecule has 0 bridgehead atoms. The zero-order valence-electron chi connectivity index (χ0n) is 14.2. The van der Waals surface area contributed by atoms with E-state index in [2.05, 4.69) is 48.1 Å². The third-order valence-electron chi connectivity index (χ3n) is 5.55. The summed E-state index contributed by atoms with van der Waals surface area (Å²) < 4.78 is 7.99. The van der Waals surface area contributed by atoms with Crippen LogP contribution in [0.1, 0.15) is 63.6 Å². The van der Waals surface area contributed by atoms with Crippen molar-refractivity contribution in [3.8, 4) is 0 Å². The molecule has 0 unspecified atom stereocenters. The minimum absolute atomic E-state index is 0.0397. The Morgan fingerprint density at radius 2 is 2.22 bits per heavy atom. The maximum Gasteiger partial charge on any atom is 0.237 e. The molecule has 4 rings (SSSR count). The first-order valence-corrected chi connectivity index (χ1v) is 8.75. The van der Waals surface area contributed by atoms with Crippen molar-refractivity contribution < 1.29 is 4.42 Å². The Bertz CT molecular complexity index is 691. The molecule has 2 aromatic rings. The van der Waals surface area contributed by atoms with Crippen LogP contribution < -0.4 is 0 Å². The van der Waals surface area contributed by atoms with Crippen molar-refractivity contribution in [3.63, 3.8) is 0 Å². The summed E-state index contributed by atoms with van der Waals surface area (Å²) in [6.45, 7) is 8.31. The van der Waals surface area contributed by atoms with E-state index in [1.807, 2.05) is 4.68 Å². The summed E-state index contributed by atoms with van der Waals surface area (Å²) in [4.78, 5) is 2.51. The molecule has 0 radical (unpaired) electrons. The second-order valence-corrected chi connectivity index (χ2v) is 7.11. The van der Waals surface area contributed by atoms with Gasteiger partial charge in [0.1, 0.15) is 5.54 Å². The van der Waals surface area contributed by atoms with E-state index in [9.17, 15) is 0 Å². The zero-order valence-corrected chi connectivity index (χ0v) is 14.2. The molecule has 1 saturated carbocycles. The van der Waals surface area contributed by atoms with Gasteiger partial charge >= 0.3 is 0 Å². The Balaban J connectivity index is 1.59. The number of aryl methyl sites for hydroxylation is 1. The highest BCUT2D eigenvalue weighted by molar-refractivity contribution is 5.18. The number of rotatable bonds is 5. The molecular formula is C17H25N5O. The quantitative estimate of drug-likeness (QED) is 0.849. The van der Waals surface area contributed by atoms with Crippen molar-refractivity contribution in [2.75, 3.05) is 6.54 Å². The molecule has 0 spiro atoms. The van der Waals surface area contributed by atoms with Gasteiger partial charge in [-0.3, -0.25) is 9.58 Å². The molecular weight excluding hydrogens is 290 g/mol. The lowest BCUT2D eigenvalue weighted by Crippen LogP contribution is -2.51. The number of hydrogen-bond donors (Lipinski definition) is 0. The fourth-order valence-corrected chi connectivity index (χ4v) is 4.09. The minimum atomic E-state index is -0.0397. The van der Waals surface area contributed by atoms with Crippen molar-refractivity contribution in [2.24, 2.45) is 5.92 Å². The molecule has 23 heavy (non-hydrogen) atoms. The van der Waals surface area contributed by atoms with E-state index in [0.29, 0.717) is 12.0 Å². The highest BCUT2D eigenvalue weighted by atomic mass is 16.4. The molecule has 3 heterocycles. The number of fused-ring (bicyclic) bond motifs is 1. The van der Waals surface area contributed by atoms with Crippen LogP contribution in [-0.4, -0.2) is 31.4 Å². The highest BCUT2D eigenvalue weighted by Crippen LogP contribution is 2.56. The summed E-state index contributed by atoms with van der Waals surface area (Å²) in [6.07, 6.45) is 6.47. The van der Waals surface area contributed by atoms with Gasteiger partial charge in [0, 0.05) is 25.2 Å². The Hall–Kier alpha value is -1.69. The van der Waals surface area contributed by atoms with Crippen LogP contribution in [0.15, 0.2) is 16.7 Å². The van der Waals surface area contributed by atoms with Gasteiger partial charge in [0.05, 0.1) is 5.69 Å². The Kier molecular flexibility index (Phi) is 3.52. The monoisotopic (exact) mass is 315 g/mol. The van der Waals surface area contributed by atoms with Crippen molar-refractivity contribution in [1.82, 2.24) is 24.9 Å². The second-order valence-electron chi connectivity index (χ2n) is 7.11. The molecule has 6 nitrogen and oxygen atoms in total. The van der Waals surface area contributed by atoms with Gasteiger partial charge in [0.25, 0.3) is 0 Å². The Morgan fingerprint density at radius 1 is 1.35 bits per heavy atom. The lowest BCUT2D eigenvalue weighted by Gasteiger charge is -2.47. The summed E-state index contributed by atoms with van der Waals surface area (Å²) in [5, 5.41) is 13.3. The van der Waals surface area contributed by atoms with E-state index in [1.165, 1.54) is 12.8 Å². The molecule has 1 saturated heterocycles. The van der Waals surface area contributed by atoms with Gasteiger partial charge in [-0.25, -0.2) is 0 Å². The normalized spacial score (nSPS) is 27.4. The van der Waals surface area contributed by atoms with Crippen LogP contribution in [0.4, 0.5) is 0 Å². The van der Waals surface area contributed by atoms with Crippen LogP contribution >= 0.6 is 0 Å². The predicted molar refractivity (Wildman–Crippen MR) is 85.7 cm³/mol. The number of nitrogens with zero attached hydrogens (tertiary/aromatic N) is 5. The van der Waals surface area contributed by atoms with Crippen LogP contribution in [0, 0.1) is 5.92 Å². The van der Waals surface area contributed by atoms with Crippen LogP contribution in [0.5, 0.6) is 0 Å². The first kappa shape index (κ1) is 14.9. The molecule has 0 N–H and O–H groups in total. The standard InChI is InChI=1S/C17H25N5O/c1-4-15-18-19-16(23-15)17-8-5-13(17)6-9-21(17)11-14-7-10-22(20-14)12(2)3/h7,10,12-13H,4-6,8-9,11H2,1-3H3/t13-,17-/m0/s1. The fraction of sp³-hybridized carbons (Fsp3) is 0.706. The first-order chi connectivity index (χ1) is 11.1. The van der Waals surface area contributed by atoms with Crippen molar-refractivity contribution >= 4 is 0 Å². The fourth-order valence-electron chi connectivity index (χ4n) is 4.09. The molecule has 2 atom stereocenters. The molecule has 2 aromatic heterocycles. The van der Waals surface area contributed by atoms with E-state index in [0.717, 1.165) is 43.4 Å². The van der Waals surface area contributed by atoms with E-state index in [4.69, 9.17) is 9.52 Å². The molecule has 2 aliphatic rings. The predicted octanol–water partition coefficient (Wildman–Crippen LogP) is 2.92. The Labute approximate surface area is 136 Å². The van der Waals surface area contributed by atoms with Gasteiger partial charge < -0.3 is 4.42 Å². The number of likely N-dealkylation sites (tertiary alicyclic amines) is 1. The number of hydrogen-bond acceptors (Lipinski definition) is 5. The van der Waals surface area contributed by atoms with Gasteiger partial charge in [0.15, 0.2) is 0 Å². The van der Waals surface area contributed by atoms with Gasteiger partial charge in [0.2, 0.25) is 11.8 Å². The summed E-state index contributed by atoms with van der Waals surface area (Å²) >= 11 is 0. The molecule has 2 fully saturated rings. The van der Waals surface area contributed by atoms with Crippen LogP contribution in [0.3, 0.4) is 0 Å². The topological polar surface area (TPSA) is 60.0 Å². The summed E-state index contributed by atoms with van der Waals surface area (Å²) in [5.41, 5.74) is 1.09. The van der Waals surface area contributed by atoms with Crippen molar-refractivity contribution in [3.05, 3.63) is 29.7 Å². The molecule has 0 amide bonds. The van der Waals surface area contributed by atoms with E-state index in [-0.39, 0.29) is 5.54 Å². The lowest BCUT2D eigenvalue weighted by molar-refractivity contribution is -0.0169. The van der Waals surface area contributed by atoms with Gasteiger partial charge in [-0.2, -0.15) is 5.10 Å². The van der Waals surface area contributed by atoms with Crippen LogP contribution in [0.2, 0.25) is 0 Å². The van der Waals surface area contributed by atoms with Crippen molar-refractivity contribution in [1.29, 1.82) is 0 Å². The second kappa shape index (κ2) is 5.44.